The van der Waals surface area contributed by atoms with E-state index in [2.05, 4.69) is 10.1 Å². The van der Waals surface area contributed by atoms with E-state index in [1.807, 2.05) is 4.90 Å². The Balaban J connectivity index is 1.49. The van der Waals surface area contributed by atoms with Gasteiger partial charge in [-0.2, -0.15) is 9.29 Å². The smallest absolute Gasteiger partial charge is 0.244 e. The van der Waals surface area contributed by atoms with Crippen LogP contribution in [-0.4, -0.2) is 59.8 Å². The van der Waals surface area contributed by atoms with Gasteiger partial charge in [-0.25, -0.2) is 8.42 Å². The summed E-state index contributed by atoms with van der Waals surface area (Å²) in [5.74, 6) is 0.758. The quantitative estimate of drug-likeness (QED) is 0.707. The fourth-order valence-electron chi connectivity index (χ4n) is 4.11. The summed E-state index contributed by atoms with van der Waals surface area (Å²) in [6.07, 6.45) is 4.32. The second kappa shape index (κ2) is 8.64. The third kappa shape index (κ3) is 4.24. The van der Waals surface area contributed by atoms with Gasteiger partial charge in [-0.3, -0.25) is 4.79 Å². The first kappa shape index (κ1) is 21.3. The van der Waals surface area contributed by atoms with Crippen LogP contribution in [0.2, 0.25) is 5.02 Å². The molecule has 1 aromatic heterocycles. The molecule has 2 aromatic rings. The summed E-state index contributed by atoms with van der Waals surface area (Å²) in [5, 5.41) is 3.99. The molecule has 1 amide bonds. The van der Waals surface area contributed by atoms with Crippen molar-refractivity contribution in [1.82, 2.24) is 19.3 Å². The predicted octanol–water partition coefficient (Wildman–Crippen LogP) is 3.11. The summed E-state index contributed by atoms with van der Waals surface area (Å²) >= 11 is 6.24. The molecule has 2 fully saturated rings. The number of aryl methyl sites for hydroxylation is 1. The number of halogens is 1. The standard InChI is InChI=1S/C20H25ClN4O4S/c1-14-22-19(23-29-14)16-5-6-17(21)18(13-16)30(27,28)25-11-7-15(8-12-25)20(26)24-9-3-2-4-10-24/h5-6,13,15H,2-4,7-12H2,1H3. The van der Waals surface area contributed by atoms with Crippen LogP contribution in [0.25, 0.3) is 11.4 Å². The third-order valence-corrected chi connectivity index (χ3v) is 8.19. The van der Waals surface area contributed by atoms with Gasteiger partial charge in [-0.15, -0.1) is 0 Å². The maximum Gasteiger partial charge on any atom is 0.244 e. The van der Waals surface area contributed by atoms with Crippen LogP contribution in [0.4, 0.5) is 0 Å². The van der Waals surface area contributed by atoms with E-state index in [0.717, 1.165) is 25.9 Å². The maximum absolute atomic E-state index is 13.3. The Morgan fingerprint density at radius 1 is 1.13 bits per heavy atom. The lowest BCUT2D eigenvalue weighted by atomic mass is 9.95. The fourth-order valence-corrected chi connectivity index (χ4v) is 6.08. The summed E-state index contributed by atoms with van der Waals surface area (Å²) < 4.78 is 32.9. The van der Waals surface area contributed by atoms with Gasteiger partial charge >= 0.3 is 0 Å². The van der Waals surface area contributed by atoms with Crippen molar-refractivity contribution < 1.29 is 17.7 Å². The molecule has 2 saturated heterocycles. The van der Waals surface area contributed by atoms with Crippen LogP contribution in [0.5, 0.6) is 0 Å². The summed E-state index contributed by atoms with van der Waals surface area (Å²) in [5.41, 5.74) is 0.519. The number of nitrogens with zero attached hydrogens (tertiary/aromatic N) is 4. The fraction of sp³-hybridized carbons (Fsp3) is 0.550. The molecule has 30 heavy (non-hydrogen) atoms. The molecule has 10 heteroatoms. The number of carbonyl (C=O) groups excluding carboxylic acids is 1. The van der Waals surface area contributed by atoms with Gasteiger partial charge in [0.2, 0.25) is 27.6 Å². The van der Waals surface area contributed by atoms with E-state index in [1.54, 1.807) is 13.0 Å². The minimum Gasteiger partial charge on any atom is -0.342 e. The van der Waals surface area contributed by atoms with Crippen molar-refractivity contribution in [2.75, 3.05) is 26.2 Å². The molecule has 2 aliphatic rings. The number of carbonyl (C=O) groups is 1. The monoisotopic (exact) mass is 452 g/mol. The van der Waals surface area contributed by atoms with Gasteiger partial charge in [0.1, 0.15) is 4.90 Å². The van der Waals surface area contributed by atoms with Crippen LogP contribution in [0, 0.1) is 12.8 Å². The SMILES string of the molecule is Cc1nc(-c2ccc(Cl)c(S(=O)(=O)N3CCC(C(=O)N4CCCCC4)CC3)c2)no1. The zero-order valence-corrected chi connectivity index (χ0v) is 18.5. The second-order valence-corrected chi connectivity index (χ2v) is 10.2. The van der Waals surface area contributed by atoms with Gasteiger partial charge in [0.15, 0.2) is 0 Å². The first-order chi connectivity index (χ1) is 14.4. The largest absolute Gasteiger partial charge is 0.342 e. The van der Waals surface area contributed by atoms with Crippen LogP contribution in [0.15, 0.2) is 27.6 Å². The van der Waals surface area contributed by atoms with E-state index in [4.69, 9.17) is 16.1 Å². The van der Waals surface area contributed by atoms with E-state index >= 15 is 0 Å². The summed E-state index contributed by atoms with van der Waals surface area (Å²) in [6.45, 7) is 3.90. The first-order valence-electron chi connectivity index (χ1n) is 10.3. The van der Waals surface area contributed by atoms with Crippen molar-refractivity contribution in [2.45, 2.75) is 43.9 Å². The Labute approximate surface area is 181 Å². The number of aromatic nitrogens is 2. The Morgan fingerprint density at radius 3 is 2.47 bits per heavy atom. The van der Waals surface area contributed by atoms with Crippen molar-refractivity contribution in [2.24, 2.45) is 5.92 Å². The molecule has 0 spiro atoms. The number of hydrogen-bond donors (Lipinski definition) is 0. The molecule has 8 nitrogen and oxygen atoms in total. The lowest BCUT2D eigenvalue weighted by Gasteiger charge is -2.35. The van der Waals surface area contributed by atoms with Crippen LogP contribution in [0.3, 0.4) is 0 Å². The van der Waals surface area contributed by atoms with Gasteiger partial charge in [0.25, 0.3) is 0 Å². The maximum atomic E-state index is 13.3. The average molecular weight is 453 g/mol. The number of hydrogen-bond acceptors (Lipinski definition) is 6. The summed E-state index contributed by atoms with van der Waals surface area (Å²) in [6, 6.07) is 4.67. The number of sulfonamides is 1. The number of piperidine rings is 2. The molecule has 3 heterocycles. The highest BCUT2D eigenvalue weighted by Crippen LogP contribution is 2.32. The molecule has 0 N–H and O–H groups in total. The van der Waals surface area contributed by atoms with Gasteiger partial charge in [-0.05, 0) is 50.3 Å². The van der Waals surface area contributed by atoms with Crippen LogP contribution in [0.1, 0.15) is 38.0 Å². The highest BCUT2D eigenvalue weighted by atomic mass is 35.5. The van der Waals surface area contributed by atoms with Crippen LogP contribution < -0.4 is 0 Å². The molecular formula is C20H25ClN4O4S. The predicted molar refractivity (Wildman–Crippen MR) is 111 cm³/mol. The molecule has 2 aliphatic heterocycles. The van der Waals surface area contributed by atoms with Gasteiger partial charge in [-0.1, -0.05) is 16.8 Å². The lowest BCUT2D eigenvalue weighted by Crippen LogP contribution is -2.45. The van der Waals surface area contributed by atoms with Crippen molar-refractivity contribution in [3.05, 3.63) is 29.1 Å². The third-order valence-electron chi connectivity index (χ3n) is 5.81. The van der Waals surface area contributed by atoms with E-state index in [9.17, 15) is 13.2 Å². The lowest BCUT2D eigenvalue weighted by molar-refractivity contribution is -0.137. The molecule has 0 aliphatic carbocycles. The van der Waals surface area contributed by atoms with E-state index < -0.39 is 10.0 Å². The number of benzene rings is 1. The van der Waals surface area contributed by atoms with Crippen molar-refractivity contribution in [1.29, 1.82) is 0 Å². The van der Waals surface area contributed by atoms with E-state index in [-0.39, 0.29) is 21.7 Å². The molecule has 0 bridgehead atoms. The summed E-state index contributed by atoms with van der Waals surface area (Å²) in [7, 11) is -3.80. The Morgan fingerprint density at radius 2 is 1.83 bits per heavy atom. The first-order valence-corrected chi connectivity index (χ1v) is 12.1. The minimum atomic E-state index is -3.80. The van der Waals surface area contributed by atoms with Gasteiger partial charge in [0.05, 0.1) is 5.02 Å². The topological polar surface area (TPSA) is 96.6 Å². The number of rotatable bonds is 4. The Bertz CT molecular complexity index is 1030. The van der Waals surface area contributed by atoms with Gasteiger partial charge < -0.3 is 9.42 Å². The average Bonchev–Trinajstić information content (AvgIpc) is 3.20. The zero-order valence-electron chi connectivity index (χ0n) is 16.9. The van der Waals surface area contributed by atoms with Crippen LogP contribution in [-0.2, 0) is 14.8 Å². The summed E-state index contributed by atoms with van der Waals surface area (Å²) in [4.78, 5) is 18.9. The van der Waals surface area contributed by atoms with Crippen molar-refractivity contribution >= 4 is 27.5 Å². The van der Waals surface area contributed by atoms with Crippen LogP contribution >= 0.6 is 11.6 Å². The molecular weight excluding hydrogens is 428 g/mol. The molecule has 0 unspecified atom stereocenters. The molecule has 0 radical (unpaired) electrons. The zero-order chi connectivity index (χ0) is 21.3. The van der Waals surface area contributed by atoms with E-state index in [1.165, 1.54) is 22.9 Å². The van der Waals surface area contributed by atoms with E-state index in [0.29, 0.717) is 43.2 Å². The normalized spacial score (nSPS) is 19.2. The number of likely N-dealkylation sites (tertiary alicyclic amines) is 1. The molecule has 0 atom stereocenters. The van der Waals surface area contributed by atoms with Gasteiger partial charge in [0, 0.05) is 44.6 Å². The molecule has 4 rings (SSSR count). The van der Waals surface area contributed by atoms with Crippen molar-refractivity contribution in [3.8, 4) is 11.4 Å². The Kier molecular flexibility index (Phi) is 6.13. The highest BCUT2D eigenvalue weighted by molar-refractivity contribution is 7.89. The number of amides is 1. The second-order valence-electron chi connectivity index (χ2n) is 7.85. The van der Waals surface area contributed by atoms with Crippen molar-refractivity contribution in [3.63, 3.8) is 0 Å². The molecule has 162 valence electrons. The Hall–Kier alpha value is -1.97. The highest BCUT2D eigenvalue weighted by Gasteiger charge is 2.35. The molecule has 0 saturated carbocycles. The molecule has 1 aromatic carbocycles. The minimum absolute atomic E-state index is 0.0185.